The molecule has 1 unspecified atom stereocenters. The molecule has 0 spiro atoms. The van der Waals surface area contributed by atoms with Crippen LogP contribution >= 0.6 is 15.9 Å². The van der Waals surface area contributed by atoms with E-state index < -0.39 is 5.41 Å². The van der Waals surface area contributed by atoms with Gasteiger partial charge in [0.15, 0.2) is 0 Å². The summed E-state index contributed by atoms with van der Waals surface area (Å²) in [7, 11) is 0. The van der Waals surface area contributed by atoms with Gasteiger partial charge in [0.25, 0.3) is 0 Å². The van der Waals surface area contributed by atoms with Crippen LogP contribution in [0, 0.1) is 11.7 Å². The number of hydrogen-bond acceptors (Lipinski definition) is 3. The van der Waals surface area contributed by atoms with E-state index in [1.807, 2.05) is 36.4 Å². The monoisotopic (exact) mass is 458 g/mol. The molecular weight excluding hydrogens is 435 g/mol. The first-order valence-corrected chi connectivity index (χ1v) is 10.8. The topological polar surface area (TPSA) is 49.4 Å². The van der Waals surface area contributed by atoms with E-state index in [0.29, 0.717) is 23.9 Å². The highest BCUT2D eigenvalue weighted by Gasteiger charge is 2.50. The fourth-order valence-electron chi connectivity index (χ4n) is 4.84. The normalized spacial score (nSPS) is 23.8. The Labute approximate surface area is 178 Å². The summed E-state index contributed by atoms with van der Waals surface area (Å²) < 4.78 is 14.3. The maximum absolute atomic E-state index is 13.8. The van der Waals surface area contributed by atoms with Gasteiger partial charge in [0, 0.05) is 13.0 Å². The van der Waals surface area contributed by atoms with Crippen LogP contribution in [0.2, 0.25) is 0 Å². The summed E-state index contributed by atoms with van der Waals surface area (Å²) >= 11 is 3.19. The molecule has 0 saturated carbocycles. The Morgan fingerprint density at radius 3 is 2.48 bits per heavy atom. The van der Waals surface area contributed by atoms with E-state index in [0.717, 1.165) is 37.1 Å². The van der Waals surface area contributed by atoms with E-state index >= 15 is 0 Å². The summed E-state index contributed by atoms with van der Waals surface area (Å²) in [4.78, 5) is 27.2. The molecule has 29 heavy (non-hydrogen) atoms. The Morgan fingerprint density at radius 2 is 1.83 bits per heavy atom. The molecule has 2 aromatic rings. The fraction of sp³-hybridized carbons (Fsp3) is 0.391. The Morgan fingerprint density at radius 1 is 1.10 bits per heavy atom. The molecule has 4 rings (SSSR count). The van der Waals surface area contributed by atoms with Crippen LogP contribution in [0.1, 0.15) is 36.8 Å². The van der Waals surface area contributed by atoms with Crippen LogP contribution in [-0.2, 0) is 21.5 Å². The minimum absolute atomic E-state index is 0.159. The van der Waals surface area contributed by atoms with Crippen LogP contribution in [0.5, 0.6) is 0 Å². The van der Waals surface area contributed by atoms with Gasteiger partial charge in [-0.3, -0.25) is 19.8 Å². The van der Waals surface area contributed by atoms with Gasteiger partial charge in [-0.2, -0.15) is 0 Å². The lowest BCUT2D eigenvalue weighted by Crippen LogP contribution is -2.57. The highest BCUT2D eigenvalue weighted by Crippen LogP contribution is 2.44. The second kappa shape index (κ2) is 8.36. The van der Waals surface area contributed by atoms with Gasteiger partial charge in [0.2, 0.25) is 11.8 Å². The second-order valence-electron chi connectivity index (χ2n) is 8.01. The summed E-state index contributed by atoms with van der Waals surface area (Å²) in [6.45, 7) is 2.39. The number of imide groups is 1. The van der Waals surface area contributed by atoms with Gasteiger partial charge < -0.3 is 0 Å². The third-order valence-electron chi connectivity index (χ3n) is 6.37. The number of likely N-dealkylation sites (tertiary alicyclic amines) is 1. The predicted molar refractivity (Wildman–Crippen MR) is 113 cm³/mol. The van der Waals surface area contributed by atoms with Gasteiger partial charge in [-0.1, -0.05) is 36.4 Å². The van der Waals surface area contributed by atoms with Crippen molar-refractivity contribution < 1.29 is 14.0 Å². The molecule has 0 aliphatic carbocycles. The molecule has 6 heteroatoms. The van der Waals surface area contributed by atoms with E-state index in [1.54, 1.807) is 12.1 Å². The number of amides is 2. The smallest absolute Gasteiger partial charge is 0.237 e. The lowest BCUT2D eigenvalue weighted by molar-refractivity contribution is -0.140. The van der Waals surface area contributed by atoms with Crippen LogP contribution in [0.25, 0.3) is 0 Å². The third kappa shape index (κ3) is 4.01. The number of benzene rings is 2. The molecule has 1 atom stereocenters. The average Bonchev–Trinajstić information content (AvgIpc) is 2.73. The molecule has 2 aliphatic rings. The molecule has 0 bridgehead atoms. The van der Waals surface area contributed by atoms with Crippen molar-refractivity contribution in [2.24, 2.45) is 5.92 Å². The zero-order valence-corrected chi connectivity index (χ0v) is 17.8. The molecule has 1 N–H and O–H groups in total. The van der Waals surface area contributed by atoms with Gasteiger partial charge in [-0.25, -0.2) is 4.39 Å². The standard InChI is InChI=1S/C23H24BrFN2O2/c24-19-7-6-16(14-20(19)25)15-27-12-9-18(10-13-27)23(17-4-2-1-3-5-17)11-8-21(28)26-22(23)29/h1-7,14,18H,8-13,15H2,(H,26,28,29). The lowest BCUT2D eigenvalue weighted by Gasteiger charge is -2.45. The third-order valence-corrected chi connectivity index (χ3v) is 7.01. The minimum Gasteiger partial charge on any atom is -0.299 e. The van der Waals surface area contributed by atoms with E-state index in [9.17, 15) is 14.0 Å². The molecule has 0 radical (unpaired) electrons. The summed E-state index contributed by atoms with van der Waals surface area (Å²) in [5, 5.41) is 2.59. The number of carbonyl (C=O) groups excluding carboxylic acids is 2. The van der Waals surface area contributed by atoms with Gasteiger partial charge >= 0.3 is 0 Å². The van der Waals surface area contributed by atoms with Crippen molar-refractivity contribution in [2.75, 3.05) is 13.1 Å². The van der Waals surface area contributed by atoms with Gasteiger partial charge in [0.05, 0.1) is 9.89 Å². The van der Waals surface area contributed by atoms with Crippen LogP contribution in [0.15, 0.2) is 53.0 Å². The highest BCUT2D eigenvalue weighted by molar-refractivity contribution is 9.10. The van der Waals surface area contributed by atoms with E-state index in [1.165, 1.54) is 0 Å². The largest absolute Gasteiger partial charge is 0.299 e. The quantitative estimate of drug-likeness (QED) is 0.699. The van der Waals surface area contributed by atoms with E-state index in [2.05, 4.69) is 26.1 Å². The van der Waals surface area contributed by atoms with Crippen molar-refractivity contribution >= 4 is 27.7 Å². The number of carbonyl (C=O) groups is 2. The fourth-order valence-corrected chi connectivity index (χ4v) is 5.09. The SMILES string of the molecule is O=C1CCC(c2ccccc2)(C2CCN(Cc3ccc(Br)c(F)c3)CC2)C(=O)N1. The first kappa shape index (κ1) is 20.2. The zero-order valence-electron chi connectivity index (χ0n) is 16.2. The average molecular weight is 459 g/mol. The van der Waals surface area contributed by atoms with Crippen molar-refractivity contribution in [1.29, 1.82) is 0 Å². The summed E-state index contributed by atoms with van der Waals surface area (Å²) in [5.41, 5.74) is 1.30. The predicted octanol–water partition coefficient (Wildman–Crippen LogP) is 4.17. The Kier molecular flexibility index (Phi) is 5.83. The number of nitrogens with zero attached hydrogens (tertiary/aromatic N) is 1. The second-order valence-corrected chi connectivity index (χ2v) is 8.87. The molecule has 2 heterocycles. The summed E-state index contributed by atoms with van der Waals surface area (Å²) in [6.07, 6.45) is 2.67. The van der Waals surface area contributed by atoms with E-state index in [4.69, 9.17) is 0 Å². The number of hydrogen-bond donors (Lipinski definition) is 1. The molecule has 2 aromatic carbocycles. The molecule has 0 aromatic heterocycles. The minimum atomic E-state index is -0.648. The first-order chi connectivity index (χ1) is 14.0. The molecule has 152 valence electrons. The van der Waals surface area contributed by atoms with Crippen LogP contribution < -0.4 is 5.32 Å². The van der Waals surface area contributed by atoms with Crippen LogP contribution in [0.3, 0.4) is 0 Å². The van der Waals surface area contributed by atoms with Crippen molar-refractivity contribution in [2.45, 2.75) is 37.6 Å². The molecule has 2 fully saturated rings. The van der Waals surface area contributed by atoms with Gasteiger partial charge in [0.1, 0.15) is 5.82 Å². The maximum atomic E-state index is 13.8. The summed E-state index contributed by atoms with van der Waals surface area (Å²) in [6, 6.07) is 15.1. The molecule has 2 amide bonds. The number of nitrogens with one attached hydrogen (secondary N) is 1. The van der Waals surface area contributed by atoms with Crippen molar-refractivity contribution in [3.05, 3.63) is 69.9 Å². The Bertz CT molecular complexity index is 912. The first-order valence-electron chi connectivity index (χ1n) is 10.0. The molecule has 4 nitrogen and oxygen atoms in total. The van der Waals surface area contributed by atoms with Gasteiger partial charge in [-0.15, -0.1) is 0 Å². The van der Waals surface area contributed by atoms with Crippen molar-refractivity contribution in [1.82, 2.24) is 10.2 Å². The van der Waals surface area contributed by atoms with Gasteiger partial charge in [-0.05, 0) is 77.5 Å². The van der Waals surface area contributed by atoms with Crippen molar-refractivity contribution in [3.8, 4) is 0 Å². The van der Waals surface area contributed by atoms with Crippen LogP contribution in [0.4, 0.5) is 4.39 Å². The maximum Gasteiger partial charge on any atom is 0.237 e. The number of halogens is 2. The lowest BCUT2D eigenvalue weighted by atomic mass is 9.62. The number of rotatable bonds is 4. The highest BCUT2D eigenvalue weighted by atomic mass is 79.9. The molecule has 2 aliphatic heterocycles. The number of piperidine rings is 2. The Hall–Kier alpha value is -2.05. The van der Waals surface area contributed by atoms with Crippen molar-refractivity contribution in [3.63, 3.8) is 0 Å². The zero-order chi connectivity index (χ0) is 20.4. The molecule has 2 saturated heterocycles. The van der Waals surface area contributed by atoms with Crippen LogP contribution in [-0.4, -0.2) is 29.8 Å². The Balaban J connectivity index is 1.50. The summed E-state index contributed by atoms with van der Waals surface area (Å²) in [5.74, 6) is -0.412. The van der Waals surface area contributed by atoms with E-state index in [-0.39, 0.29) is 23.5 Å². The molecular formula is C23H24BrFN2O2.